The Morgan fingerprint density at radius 2 is 1.86 bits per heavy atom. The molecule has 2 aliphatic rings. The second-order valence-corrected chi connectivity index (χ2v) is 7.48. The molecule has 0 bridgehead atoms. The number of alkyl halides is 3. The van der Waals surface area contributed by atoms with Crippen molar-refractivity contribution in [2.24, 2.45) is 5.92 Å². The number of carbonyl (C=O) groups is 2. The van der Waals surface area contributed by atoms with Crippen molar-refractivity contribution < 1.29 is 22.8 Å². The Morgan fingerprint density at radius 3 is 2.52 bits per heavy atom. The Hall–Kier alpha value is -2.87. The fraction of sp³-hybridized carbons (Fsp3) is 0.333. The summed E-state index contributed by atoms with van der Waals surface area (Å²) >= 11 is 0. The van der Waals surface area contributed by atoms with E-state index in [4.69, 9.17) is 0 Å². The molecule has 8 heteroatoms. The zero-order valence-electron chi connectivity index (χ0n) is 15.6. The summed E-state index contributed by atoms with van der Waals surface area (Å²) in [6, 6.07) is 11.5. The molecule has 152 valence electrons. The van der Waals surface area contributed by atoms with Crippen LogP contribution in [0, 0.1) is 5.92 Å². The summed E-state index contributed by atoms with van der Waals surface area (Å²) in [7, 11) is 0. The largest absolute Gasteiger partial charge is 0.416 e. The fourth-order valence-electron chi connectivity index (χ4n) is 4.04. The predicted molar refractivity (Wildman–Crippen MR) is 101 cm³/mol. The molecule has 0 unspecified atom stereocenters. The van der Waals surface area contributed by atoms with Gasteiger partial charge in [0.1, 0.15) is 0 Å². The van der Waals surface area contributed by atoms with Crippen LogP contribution in [0.4, 0.5) is 18.9 Å². The molecule has 29 heavy (non-hydrogen) atoms. The topological polar surface area (TPSA) is 52.7 Å². The van der Waals surface area contributed by atoms with Crippen LogP contribution >= 0.6 is 0 Å². The number of halogens is 3. The number of likely N-dealkylation sites (tertiary alicyclic amines) is 1. The van der Waals surface area contributed by atoms with Crippen molar-refractivity contribution in [1.29, 1.82) is 0 Å². The van der Waals surface area contributed by atoms with Gasteiger partial charge < -0.3 is 10.2 Å². The minimum atomic E-state index is -4.53. The predicted octanol–water partition coefficient (Wildman–Crippen LogP) is 3.04. The Labute approximate surface area is 166 Å². The summed E-state index contributed by atoms with van der Waals surface area (Å²) in [5.74, 6) is -0.109. The molecular weight excluding hydrogens is 383 g/mol. The Morgan fingerprint density at radius 1 is 1.14 bits per heavy atom. The van der Waals surface area contributed by atoms with Crippen LogP contribution in [0.2, 0.25) is 0 Å². The number of nitrogens with one attached hydrogen (secondary N) is 1. The summed E-state index contributed by atoms with van der Waals surface area (Å²) in [5.41, 5.74) is 0.472. The maximum Gasteiger partial charge on any atom is 0.416 e. The van der Waals surface area contributed by atoms with E-state index >= 15 is 0 Å². The molecule has 2 heterocycles. The lowest BCUT2D eigenvalue weighted by atomic mass is 9.96. The average molecular weight is 403 g/mol. The van der Waals surface area contributed by atoms with E-state index in [0.717, 1.165) is 6.07 Å². The average Bonchev–Trinajstić information content (AvgIpc) is 2.99. The number of anilines is 1. The summed E-state index contributed by atoms with van der Waals surface area (Å²) in [6.45, 7) is 2.21. The number of fused-ring (bicyclic) bond motifs is 1. The lowest BCUT2D eigenvalue weighted by Crippen LogP contribution is -2.49. The molecule has 0 saturated carbocycles. The highest BCUT2D eigenvalue weighted by Crippen LogP contribution is 2.39. The van der Waals surface area contributed by atoms with E-state index in [-0.39, 0.29) is 17.7 Å². The maximum absolute atomic E-state index is 13.7. The second-order valence-electron chi connectivity index (χ2n) is 7.48. The molecule has 0 aromatic heterocycles. The Balaban J connectivity index is 1.59. The monoisotopic (exact) mass is 403 g/mol. The van der Waals surface area contributed by atoms with Crippen molar-refractivity contribution in [3.8, 4) is 0 Å². The molecule has 5 nitrogen and oxygen atoms in total. The van der Waals surface area contributed by atoms with Crippen molar-refractivity contribution in [3.63, 3.8) is 0 Å². The highest BCUT2D eigenvalue weighted by Gasteiger charge is 2.40. The van der Waals surface area contributed by atoms with Gasteiger partial charge in [0, 0.05) is 43.3 Å². The molecule has 0 radical (unpaired) electrons. The van der Waals surface area contributed by atoms with E-state index < -0.39 is 17.6 Å². The van der Waals surface area contributed by atoms with Gasteiger partial charge in [-0.15, -0.1) is 0 Å². The van der Waals surface area contributed by atoms with Crippen molar-refractivity contribution in [1.82, 2.24) is 10.2 Å². The van der Waals surface area contributed by atoms with Crippen LogP contribution in [0.3, 0.4) is 0 Å². The van der Waals surface area contributed by atoms with E-state index in [9.17, 15) is 22.8 Å². The van der Waals surface area contributed by atoms with E-state index in [0.29, 0.717) is 49.8 Å². The minimum absolute atomic E-state index is 0.0340. The summed E-state index contributed by atoms with van der Waals surface area (Å²) in [5, 5.41) is 2.62. The van der Waals surface area contributed by atoms with Gasteiger partial charge in [0.2, 0.25) is 6.41 Å². The first-order valence-electron chi connectivity index (χ1n) is 9.36. The van der Waals surface area contributed by atoms with E-state index in [1.165, 1.54) is 4.90 Å². The van der Waals surface area contributed by atoms with Crippen molar-refractivity contribution >= 4 is 18.0 Å². The number of rotatable bonds is 6. The quantitative estimate of drug-likeness (QED) is 0.755. The zero-order chi connectivity index (χ0) is 20.6. The van der Waals surface area contributed by atoms with Crippen molar-refractivity contribution in [2.75, 3.05) is 24.5 Å². The van der Waals surface area contributed by atoms with Gasteiger partial charge in [0.25, 0.3) is 5.91 Å². The second kappa shape index (κ2) is 7.51. The van der Waals surface area contributed by atoms with E-state index in [2.05, 4.69) is 5.32 Å². The summed E-state index contributed by atoms with van der Waals surface area (Å²) in [6.07, 6.45) is -3.89. The van der Waals surface area contributed by atoms with E-state index in [1.54, 1.807) is 36.4 Å². The lowest BCUT2D eigenvalue weighted by Gasteiger charge is -2.39. The summed E-state index contributed by atoms with van der Waals surface area (Å²) in [4.78, 5) is 26.6. The number of carbonyl (C=O) groups excluding carboxylic acids is 2. The molecule has 4 rings (SSSR count). The molecular formula is C21H20F3N3O2. The van der Waals surface area contributed by atoms with Crippen LogP contribution in [0.1, 0.15) is 27.0 Å². The number of hydrogen-bond donors (Lipinski definition) is 1. The molecule has 0 aliphatic carbocycles. The maximum atomic E-state index is 13.7. The highest BCUT2D eigenvalue weighted by molar-refractivity contribution is 6.10. The van der Waals surface area contributed by atoms with Crippen LogP contribution in [-0.4, -0.2) is 36.9 Å². The van der Waals surface area contributed by atoms with Gasteiger partial charge in [-0.25, -0.2) is 0 Å². The van der Waals surface area contributed by atoms with Crippen LogP contribution in [0.15, 0.2) is 42.5 Å². The van der Waals surface area contributed by atoms with Gasteiger partial charge in [-0.1, -0.05) is 18.2 Å². The zero-order valence-corrected chi connectivity index (χ0v) is 15.6. The van der Waals surface area contributed by atoms with Gasteiger partial charge in [-0.05, 0) is 35.4 Å². The SMILES string of the molecule is O=CNCC1CN(Cc2cc3c(c(C(F)(F)F)c2)CN(c2ccccc2)C3=O)C1. The first-order valence-corrected chi connectivity index (χ1v) is 9.36. The van der Waals surface area contributed by atoms with Crippen LogP contribution in [0.25, 0.3) is 0 Å². The van der Waals surface area contributed by atoms with Gasteiger partial charge in [0.15, 0.2) is 0 Å². The Bertz CT molecular complexity index is 925. The van der Waals surface area contributed by atoms with Crippen molar-refractivity contribution in [3.05, 3.63) is 64.7 Å². The number of para-hydroxylation sites is 1. The normalized spacial score (nSPS) is 17.2. The molecule has 1 fully saturated rings. The lowest BCUT2D eigenvalue weighted by molar-refractivity contribution is -0.138. The van der Waals surface area contributed by atoms with Crippen LogP contribution in [0.5, 0.6) is 0 Å². The number of amides is 2. The van der Waals surface area contributed by atoms with Gasteiger partial charge in [-0.2, -0.15) is 13.2 Å². The molecule has 1 N–H and O–H groups in total. The molecule has 2 aromatic carbocycles. The van der Waals surface area contributed by atoms with Gasteiger partial charge in [-0.3, -0.25) is 14.5 Å². The third kappa shape index (κ3) is 3.85. The van der Waals surface area contributed by atoms with E-state index in [1.807, 2.05) is 4.90 Å². The minimum Gasteiger partial charge on any atom is -0.358 e. The van der Waals surface area contributed by atoms with Gasteiger partial charge in [0.05, 0.1) is 12.1 Å². The molecule has 2 aromatic rings. The fourth-order valence-corrected chi connectivity index (χ4v) is 4.04. The molecule has 2 aliphatic heterocycles. The van der Waals surface area contributed by atoms with Crippen LogP contribution < -0.4 is 10.2 Å². The first kappa shape index (κ1) is 19.4. The first-order chi connectivity index (χ1) is 13.9. The molecule has 1 saturated heterocycles. The smallest absolute Gasteiger partial charge is 0.358 e. The standard InChI is InChI=1S/C21H20F3N3O2/c22-21(23,24)19-7-14(9-26-10-15(11-26)8-25-13-28)6-17-18(19)12-27(20(17)29)16-4-2-1-3-5-16/h1-7,13,15H,8-12H2,(H,25,28). The Kier molecular flexibility index (Phi) is 5.04. The van der Waals surface area contributed by atoms with Crippen LogP contribution in [-0.2, 0) is 24.1 Å². The number of nitrogens with zero attached hydrogens (tertiary/aromatic N) is 2. The number of hydrogen-bond acceptors (Lipinski definition) is 3. The third-order valence-corrected chi connectivity index (χ3v) is 5.40. The molecule has 2 amide bonds. The van der Waals surface area contributed by atoms with Gasteiger partial charge >= 0.3 is 6.18 Å². The van der Waals surface area contributed by atoms with Crippen molar-refractivity contribution in [2.45, 2.75) is 19.3 Å². The third-order valence-electron chi connectivity index (χ3n) is 5.40. The summed E-state index contributed by atoms with van der Waals surface area (Å²) < 4.78 is 41.2. The highest BCUT2D eigenvalue weighted by atomic mass is 19.4. The molecule has 0 spiro atoms. The molecule has 0 atom stereocenters. The number of benzene rings is 2.